The van der Waals surface area contributed by atoms with Crippen LogP contribution in [0, 0.1) is 5.92 Å². The van der Waals surface area contributed by atoms with Crippen molar-refractivity contribution in [1.82, 2.24) is 9.55 Å². The molecule has 0 aromatic carbocycles. The summed E-state index contributed by atoms with van der Waals surface area (Å²) < 4.78 is 1.70. The van der Waals surface area contributed by atoms with Gasteiger partial charge in [-0.3, -0.25) is 4.79 Å². The number of nitrogens with one attached hydrogen (secondary N) is 1. The van der Waals surface area contributed by atoms with Gasteiger partial charge in [0.1, 0.15) is 0 Å². The molecule has 0 atom stereocenters. The van der Waals surface area contributed by atoms with Gasteiger partial charge in [0.05, 0.1) is 0 Å². The van der Waals surface area contributed by atoms with Crippen LogP contribution < -0.4 is 10.9 Å². The third-order valence-corrected chi connectivity index (χ3v) is 3.14. The number of hydrogen-bond acceptors (Lipinski definition) is 3. The van der Waals surface area contributed by atoms with Crippen LogP contribution in [0.15, 0.2) is 17.2 Å². The molecule has 1 aromatic heterocycles. The fraction of sp³-hybridized carbons (Fsp3) is 0.692. The summed E-state index contributed by atoms with van der Waals surface area (Å²) in [6.45, 7) is 9.14. The Morgan fingerprint density at radius 3 is 2.53 bits per heavy atom. The van der Waals surface area contributed by atoms with Gasteiger partial charge in [-0.1, -0.05) is 26.7 Å². The Morgan fingerprint density at radius 1 is 1.35 bits per heavy atom. The van der Waals surface area contributed by atoms with E-state index in [-0.39, 0.29) is 11.6 Å². The number of anilines is 1. The monoisotopic (exact) mass is 237 g/mol. The molecule has 0 bridgehead atoms. The zero-order chi connectivity index (χ0) is 12.8. The van der Waals surface area contributed by atoms with Crippen LogP contribution in [0.1, 0.15) is 46.6 Å². The minimum Gasteiger partial charge on any atom is -0.365 e. The first kappa shape index (κ1) is 13.7. The second-order valence-electron chi connectivity index (χ2n) is 4.65. The highest BCUT2D eigenvalue weighted by molar-refractivity contribution is 5.30. The van der Waals surface area contributed by atoms with Crippen LogP contribution in [0.2, 0.25) is 0 Å². The molecule has 1 rings (SSSR count). The summed E-state index contributed by atoms with van der Waals surface area (Å²) in [5.41, 5.74) is -0.0338. The molecule has 0 aliphatic carbocycles. The summed E-state index contributed by atoms with van der Waals surface area (Å²) in [5, 5.41) is 3.17. The maximum absolute atomic E-state index is 12.0. The molecule has 1 aromatic rings. The molecule has 0 saturated heterocycles. The number of rotatable bonds is 6. The molecule has 96 valence electrons. The van der Waals surface area contributed by atoms with Crippen LogP contribution in [0.25, 0.3) is 0 Å². The van der Waals surface area contributed by atoms with Crippen LogP contribution >= 0.6 is 0 Å². The molecule has 0 radical (unpaired) electrons. The fourth-order valence-corrected chi connectivity index (χ4v) is 1.77. The van der Waals surface area contributed by atoms with E-state index in [1.807, 2.05) is 13.8 Å². The van der Waals surface area contributed by atoms with Crippen LogP contribution in [0.4, 0.5) is 5.82 Å². The Kier molecular flexibility index (Phi) is 5.19. The highest BCUT2D eigenvalue weighted by atomic mass is 16.1. The minimum absolute atomic E-state index is 0.0338. The molecular weight excluding hydrogens is 214 g/mol. The first-order valence-electron chi connectivity index (χ1n) is 6.41. The third kappa shape index (κ3) is 3.58. The highest BCUT2D eigenvalue weighted by Crippen LogP contribution is 2.08. The average molecular weight is 237 g/mol. The molecule has 0 unspecified atom stereocenters. The van der Waals surface area contributed by atoms with Crippen LogP contribution in [-0.4, -0.2) is 16.1 Å². The Bertz CT molecular complexity index is 394. The van der Waals surface area contributed by atoms with Gasteiger partial charge >= 0.3 is 0 Å². The number of aromatic nitrogens is 2. The third-order valence-electron chi connectivity index (χ3n) is 3.14. The maximum Gasteiger partial charge on any atom is 0.293 e. The standard InChI is InChI=1S/C13H23N3O/c1-5-11(6-2)9-15-12-13(17)16(10(3)4)8-7-14-12/h7-8,10-11H,5-6,9H2,1-4H3,(H,14,15). The van der Waals surface area contributed by atoms with Crippen molar-refractivity contribution in [3.05, 3.63) is 22.7 Å². The van der Waals surface area contributed by atoms with Crippen molar-refractivity contribution < 1.29 is 0 Å². The van der Waals surface area contributed by atoms with Crippen LogP contribution in [-0.2, 0) is 0 Å². The van der Waals surface area contributed by atoms with Gasteiger partial charge in [0, 0.05) is 25.0 Å². The normalized spacial score (nSPS) is 11.2. The zero-order valence-corrected chi connectivity index (χ0v) is 11.2. The quantitative estimate of drug-likeness (QED) is 0.827. The predicted octanol–water partition coefficient (Wildman–Crippen LogP) is 2.67. The first-order chi connectivity index (χ1) is 8.10. The Labute approximate surface area is 103 Å². The van der Waals surface area contributed by atoms with Gasteiger partial charge in [0.2, 0.25) is 0 Å². The van der Waals surface area contributed by atoms with Gasteiger partial charge in [0.25, 0.3) is 5.56 Å². The lowest BCUT2D eigenvalue weighted by Crippen LogP contribution is -2.27. The predicted molar refractivity (Wildman–Crippen MR) is 71.4 cm³/mol. The smallest absolute Gasteiger partial charge is 0.293 e. The molecule has 0 amide bonds. The molecule has 0 aliphatic rings. The largest absolute Gasteiger partial charge is 0.365 e. The SMILES string of the molecule is CCC(CC)CNc1nccn(C(C)C)c1=O. The zero-order valence-electron chi connectivity index (χ0n) is 11.2. The van der Waals surface area contributed by atoms with Gasteiger partial charge in [-0.2, -0.15) is 0 Å². The van der Waals surface area contributed by atoms with E-state index in [0.717, 1.165) is 19.4 Å². The molecule has 4 nitrogen and oxygen atoms in total. The van der Waals surface area contributed by atoms with E-state index in [9.17, 15) is 4.79 Å². The average Bonchev–Trinajstić information content (AvgIpc) is 2.32. The second-order valence-corrected chi connectivity index (χ2v) is 4.65. The fourth-order valence-electron chi connectivity index (χ4n) is 1.77. The van der Waals surface area contributed by atoms with Gasteiger partial charge in [0.15, 0.2) is 5.82 Å². The van der Waals surface area contributed by atoms with Crippen LogP contribution in [0.3, 0.4) is 0 Å². The first-order valence-corrected chi connectivity index (χ1v) is 6.41. The topological polar surface area (TPSA) is 46.9 Å². The Hall–Kier alpha value is -1.32. The summed E-state index contributed by atoms with van der Waals surface area (Å²) in [7, 11) is 0. The maximum atomic E-state index is 12.0. The molecule has 0 fully saturated rings. The van der Waals surface area contributed by atoms with E-state index >= 15 is 0 Å². The lowest BCUT2D eigenvalue weighted by atomic mass is 10.0. The van der Waals surface area contributed by atoms with Gasteiger partial charge in [-0.15, -0.1) is 0 Å². The van der Waals surface area contributed by atoms with E-state index in [4.69, 9.17) is 0 Å². The molecule has 17 heavy (non-hydrogen) atoms. The molecular formula is C13H23N3O. The van der Waals surface area contributed by atoms with Crippen molar-refractivity contribution in [3.8, 4) is 0 Å². The highest BCUT2D eigenvalue weighted by Gasteiger charge is 2.08. The van der Waals surface area contributed by atoms with Gasteiger partial charge < -0.3 is 9.88 Å². The van der Waals surface area contributed by atoms with E-state index < -0.39 is 0 Å². The number of nitrogens with zero attached hydrogens (tertiary/aromatic N) is 2. The molecule has 0 aliphatic heterocycles. The second kappa shape index (κ2) is 6.42. The van der Waals surface area contributed by atoms with Crippen molar-refractivity contribution in [2.45, 2.75) is 46.6 Å². The van der Waals surface area contributed by atoms with Gasteiger partial charge in [-0.25, -0.2) is 4.98 Å². The van der Waals surface area contributed by atoms with E-state index in [1.165, 1.54) is 0 Å². The lowest BCUT2D eigenvalue weighted by molar-refractivity contribution is 0.516. The van der Waals surface area contributed by atoms with Crippen molar-refractivity contribution >= 4 is 5.82 Å². The molecule has 0 spiro atoms. The minimum atomic E-state index is -0.0338. The van der Waals surface area contributed by atoms with Gasteiger partial charge in [-0.05, 0) is 19.8 Å². The molecule has 4 heteroatoms. The summed E-state index contributed by atoms with van der Waals surface area (Å²) in [6.07, 6.45) is 5.65. The van der Waals surface area contributed by atoms with Crippen LogP contribution in [0.5, 0.6) is 0 Å². The van der Waals surface area contributed by atoms with Crippen molar-refractivity contribution in [2.24, 2.45) is 5.92 Å². The van der Waals surface area contributed by atoms with E-state index in [1.54, 1.807) is 17.0 Å². The molecule has 0 saturated carbocycles. The lowest BCUT2D eigenvalue weighted by Gasteiger charge is -2.15. The van der Waals surface area contributed by atoms with Crippen molar-refractivity contribution in [2.75, 3.05) is 11.9 Å². The van der Waals surface area contributed by atoms with Crippen molar-refractivity contribution in [3.63, 3.8) is 0 Å². The molecule has 1 N–H and O–H groups in total. The summed E-state index contributed by atoms with van der Waals surface area (Å²) in [5.74, 6) is 1.07. The Balaban J connectivity index is 2.78. The van der Waals surface area contributed by atoms with E-state index in [0.29, 0.717) is 11.7 Å². The summed E-state index contributed by atoms with van der Waals surface area (Å²) in [6, 6.07) is 0.166. The molecule has 1 heterocycles. The van der Waals surface area contributed by atoms with Crippen molar-refractivity contribution in [1.29, 1.82) is 0 Å². The summed E-state index contributed by atoms with van der Waals surface area (Å²) in [4.78, 5) is 16.2. The summed E-state index contributed by atoms with van der Waals surface area (Å²) >= 11 is 0. The van der Waals surface area contributed by atoms with E-state index in [2.05, 4.69) is 24.1 Å². The number of hydrogen-bond donors (Lipinski definition) is 1. The Morgan fingerprint density at radius 2 is 2.00 bits per heavy atom.